The summed E-state index contributed by atoms with van der Waals surface area (Å²) in [7, 11) is 3.05. The topological polar surface area (TPSA) is 93.8 Å². The van der Waals surface area contributed by atoms with E-state index < -0.39 is 6.10 Å². The van der Waals surface area contributed by atoms with Gasteiger partial charge in [0.05, 0.1) is 30.9 Å². The molecule has 0 saturated heterocycles. The molecule has 7 heteroatoms. The highest BCUT2D eigenvalue weighted by Crippen LogP contribution is 2.39. The summed E-state index contributed by atoms with van der Waals surface area (Å²) >= 11 is 1.30. The van der Waals surface area contributed by atoms with E-state index in [-0.39, 0.29) is 19.1 Å². The molecule has 1 atom stereocenters. The lowest BCUT2D eigenvalue weighted by Gasteiger charge is -2.10. The smallest absolute Gasteiger partial charge is 0.263 e. The molecule has 0 radical (unpaired) electrons. The number of amides is 1. The Kier molecular flexibility index (Phi) is 5.00. The molecule has 0 spiro atoms. The van der Waals surface area contributed by atoms with Crippen molar-refractivity contribution in [3.05, 3.63) is 23.1 Å². The van der Waals surface area contributed by atoms with Crippen LogP contribution in [0, 0.1) is 0 Å². The van der Waals surface area contributed by atoms with E-state index in [1.807, 2.05) is 12.1 Å². The summed E-state index contributed by atoms with van der Waals surface area (Å²) in [6.07, 6.45) is -0.746. The number of carbonyl (C=O) groups is 1. The lowest BCUT2D eigenvalue weighted by Crippen LogP contribution is -2.34. The van der Waals surface area contributed by atoms with E-state index >= 15 is 0 Å². The minimum Gasteiger partial charge on any atom is -0.496 e. The molecule has 0 bridgehead atoms. The minimum atomic E-state index is -0.746. The molecular weight excluding hydrogens is 292 g/mol. The predicted octanol–water partition coefficient (Wildman–Crippen LogP) is 1.23. The number of hydrogen-bond donors (Lipinski definition) is 3. The molecule has 0 saturated carbocycles. The fraction of sp³-hybridized carbons (Fsp3) is 0.357. The maximum Gasteiger partial charge on any atom is 0.263 e. The van der Waals surface area contributed by atoms with Gasteiger partial charge in [-0.3, -0.25) is 4.79 Å². The normalized spacial score (nSPS) is 12.3. The molecule has 2 rings (SSSR count). The van der Waals surface area contributed by atoms with Crippen molar-refractivity contribution < 1.29 is 19.4 Å². The van der Waals surface area contributed by atoms with Crippen LogP contribution in [0.3, 0.4) is 0 Å². The number of nitrogen functional groups attached to an aromatic ring is 1. The first-order chi connectivity index (χ1) is 10.1. The third-order valence-corrected chi connectivity index (χ3v) is 4.17. The van der Waals surface area contributed by atoms with Gasteiger partial charge in [-0.15, -0.1) is 11.3 Å². The first-order valence-corrected chi connectivity index (χ1v) is 7.20. The van der Waals surface area contributed by atoms with E-state index in [0.717, 1.165) is 10.1 Å². The van der Waals surface area contributed by atoms with Gasteiger partial charge in [0.1, 0.15) is 10.6 Å². The van der Waals surface area contributed by atoms with Crippen molar-refractivity contribution in [1.29, 1.82) is 0 Å². The number of aliphatic hydroxyl groups is 1. The Bertz CT molecular complexity index is 641. The van der Waals surface area contributed by atoms with Crippen molar-refractivity contribution in [3.8, 4) is 5.75 Å². The average molecular weight is 310 g/mol. The Morgan fingerprint density at radius 2 is 2.24 bits per heavy atom. The monoisotopic (exact) mass is 310 g/mol. The SMILES string of the molecule is COCC(O)CNC(=O)c1sc2cccc(OC)c2c1N. The number of thiophene rings is 1. The molecule has 1 unspecified atom stereocenters. The number of ether oxygens (including phenoxy) is 2. The van der Waals surface area contributed by atoms with Gasteiger partial charge in [-0.25, -0.2) is 0 Å². The summed E-state index contributed by atoms with van der Waals surface area (Å²) in [5.41, 5.74) is 6.46. The van der Waals surface area contributed by atoms with Gasteiger partial charge in [-0.2, -0.15) is 0 Å². The summed E-state index contributed by atoms with van der Waals surface area (Å²) in [5.74, 6) is 0.325. The maximum atomic E-state index is 12.2. The van der Waals surface area contributed by atoms with Gasteiger partial charge in [0.15, 0.2) is 0 Å². The Morgan fingerprint density at radius 1 is 1.48 bits per heavy atom. The fourth-order valence-electron chi connectivity index (χ4n) is 2.02. The molecule has 1 aromatic heterocycles. The molecule has 4 N–H and O–H groups in total. The standard InChI is InChI=1S/C14H18N2O4S/c1-19-7-8(17)6-16-14(18)13-12(15)11-9(20-2)4-3-5-10(11)21-13/h3-5,8,17H,6-7,15H2,1-2H3,(H,16,18). The number of carbonyl (C=O) groups excluding carboxylic acids is 1. The van der Waals surface area contributed by atoms with E-state index in [4.69, 9.17) is 15.2 Å². The van der Waals surface area contributed by atoms with Crippen LogP contribution in [0.1, 0.15) is 9.67 Å². The fourth-order valence-corrected chi connectivity index (χ4v) is 3.08. The number of fused-ring (bicyclic) bond motifs is 1. The van der Waals surface area contributed by atoms with Crippen LogP contribution >= 0.6 is 11.3 Å². The number of nitrogens with two attached hydrogens (primary N) is 1. The van der Waals surface area contributed by atoms with Gasteiger partial charge in [-0.05, 0) is 12.1 Å². The average Bonchev–Trinajstić information content (AvgIpc) is 2.82. The van der Waals surface area contributed by atoms with E-state index in [2.05, 4.69) is 5.32 Å². The first kappa shape index (κ1) is 15.6. The molecule has 2 aromatic rings. The lowest BCUT2D eigenvalue weighted by atomic mass is 10.2. The van der Waals surface area contributed by atoms with Gasteiger partial charge in [0.25, 0.3) is 5.91 Å². The highest BCUT2D eigenvalue weighted by molar-refractivity contribution is 7.21. The van der Waals surface area contributed by atoms with Gasteiger partial charge in [0, 0.05) is 18.4 Å². The van der Waals surface area contributed by atoms with Crippen molar-refractivity contribution in [2.45, 2.75) is 6.10 Å². The molecule has 0 fully saturated rings. The highest BCUT2D eigenvalue weighted by atomic mass is 32.1. The van der Waals surface area contributed by atoms with Gasteiger partial charge in [-0.1, -0.05) is 6.07 Å². The molecule has 6 nitrogen and oxygen atoms in total. The zero-order valence-electron chi connectivity index (χ0n) is 11.9. The molecule has 1 amide bonds. The zero-order chi connectivity index (χ0) is 15.4. The lowest BCUT2D eigenvalue weighted by molar-refractivity contribution is 0.0611. The number of rotatable bonds is 6. The number of anilines is 1. The maximum absolute atomic E-state index is 12.2. The molecule has 0 aliphatic heterocycles. The summed E-state index contributed by atoms with van der Waals surface area (Å²) in [4.78, 5) is 12.6. The van der Waals surface area contributed by atoms with Gasteiger partial charge >= 0.3 is 0 Å². The minimum absolute atomic E-state index is 0.109. The van der Waals surface area contributed by atoms with Crippen molar-refractivity contribution in [2.75, 3.05) is 33.1 Å². The van der Waals surface area contributed by atoms with Crippen LogP contribution in [-0.4, -0.2) is 44.5 Å². The van der Waals surface area contributed by atoms with E-state index in [1.165, 1.54) is 18.4 Å². The van der Waals surface area contributed by atoms with E-state index in [0.29, 0.717) is 16.3 Å². The van der Waals surface area contributed by atoms with Crippen molar-refractivity contribution in [1.82, 2.24) is 5.32 Å². The Morgan fingerprint density at radius 3 is 2.90 bits per heavy atom. The Balaban J connectivity index is 2.22. The third-order valence-electron chi connectivity index (χ3n) is 3.00. The molecular formula is C14H18N2O4S. The van der Waals surface area contributed by atoms with Crippen molar-refractivity contribution in [2.24, 2.45) is 0 Å². The molecule has 1 heterocycles. The van der Waals surface area contributed by atoms with Crippen molar-refractivity contribution >= 4 is 33.0 Å². The second-order valence-corrected chi connectivity index (χ2v) is 5.55. The molecule has 1 aromatic carbocycles. The van der Waals surface area contributed by atoms with Crippen LogP contribution in [0.25, 0.3) is 10.1 Å². The van der Waals surface area contributed by atoms with Crippen LogP contribution in [0.2, 0.25) is 0 Å². The van der Waals surface area contributed by atoms with Crippen LogP contribution in [-0.2, 0) is 4.74 Å². The zero-order valence-corrected chi connectivity index (χ0v) is 12.7. The van der Waals surface area contributed by atoms with Gasteiger partial charge < -0.3 is 25.6 Å². The molecule has 21 heavy (non-hydrogen) atoms. The van der Waals surface area contributed by atoms with Crippen molar-refractivity contribution in [3.63, 3.8) is 0 Å². The predicted molar refractivity (Wildman–Crippen MR) is 83.0 cm³/mol. The molecule has 0 aliphatic rings. The Hall–Kier alpha value is -1.83. The number of hydrogen-bond acceptors (Lipinski definition) is 6. The van der Waals surface area contributed by atoms with Crippen LogP contribution in [0.15, 0.2) is 18.2 Å². The van der Waals surface area contributed by atoms with Crippen LogP contribution in [0.4, 0.5) is 5.69 Å². The summed E-state index contributed by atoms with van der Waals surface area (Å²) in [6.45, 7) is 0.271. The second kappa shape index (κ2) is 6.75. The second-order valence-electron chi connectivity index (χ2n) is 4.50. The van der Waals surface area contributed by atoms with Crippen LogP contribution in [0.5, 0.6) is 5.75 Å². The number of nitrogens with one attached hydrogen (secondary N) is 1. The number of aliphatic hydroxyl groups excluding tert-OH is 1. The summed E-state index contributed by atoms with van der Waals surface area (Å²) in [6, 6.07) is 5.53. The van der Waals surface area contributed by atoms with E-state index in [1.54, 1.807) is 13.2 Å². The summed E-state index contributed by atoms with van der Waals surface area (Å²) < 4.78 is 11.0. The number of benzene rings is 1. The molecule has 114 valence electrons. The summed E-state index contributed by atoms with van der Waals surface area (Å²) in [5, 5.41) is 12.9. The Labute approximate surface area is 126 Å². The van der Waals surface area contributed by atoms with Crippen LogP contribution < -0.4 is 15.8 Å². The molecule has 0 aliphatic carbocycles. The highest BCUT2D eigenvalue weighted by Gasteiger charge is 2.19. The van der Waals surface area contributed by atoms with E-state index in [9.17, 15) is 9.90 Å². The largest absolute Gasteiger partial charge is 0.496 e. The third kappa shape index (κ3) is 3.26. The first-order valence-electron chi connectivity index (χ1n) is 6.38. The number of methoxy groups -OCH3 is 2. The quantitative estimate of drug-likeness (QED) is 0.746. The van der Waals surface area contributed by atoms with Gasteiger partial charge in [0.2, 0.25) is 0 Å².